The molecule has 0 saturated heterocycles. The molecule has 0 unspecified atom stereocenters. The number of rotatable bonds is 6. The molecule has 5 nitrogen and oxygen atoms in total. The average Bonchev–Trinajstić information content (AvgIpc) is 3.02. The van der Waals surface area contributed by atoms with E-state index in [1.807, 2.05) is 31.5 Å². The molecule has 0 fully saturated rings. The van der Waals surface area contributed by atoms with Gasteiger partial charge in [-0.1, -0.05) is 48.6 Å². The first-order valence-corrected chi connectivity index (χ1v) is 8.27. The zero-order chi connectivity index (χ0) is 17.6. The number of fused-ring (bicyclic) bond motifs is 1. The van der Waals surface area contributed by atoms with Crippen molar-refractivity contribution in [3.8, 4) is 0 Å². The first-order chi connectivity index (χ1) is 12.1. The molecule has 0 saturated carbocycles. The summed E-state index contributed by atoms with van der Waals surface area (Å²) in [5, 5.41) is 3.03. The van der Waals surface area contributed by atoms with Crippen LogP contribution >= 0.6 is 24.0 Å². The van der Waals surface area contributed by atoms with Gasteiger partial charge in [-0.05, 0) is 30.2 Å². The molecule has 3 rings (SSSR count). The van der Waals surface area contributed by atoms with Gasteiger partial charge in [0.25, 0.3) is 0 Å². The number of aromatic nitrogens is 2. The summed E-state index contributed by atoms with van der Waals surface area (Å²) in [6.45, 7) is 7.77. The number of para-hydroxylation sites is 2. The molecule has 2 aromatic carbocycles. The van der Waals surface area contributed by atoms with Gasteiger partial charge in [0.05, 0.1) is 23.9 Å². The molecule has 1 aromatic heterocycles. The summed E-state index contributed by atoms with van der Waals surface area (Å²) < 4.78 is 2.15. The molecule has 0 aliphatic heterocycles. The van der Waals surface area contributed by atoms with Crippen LogP contribution in [0.5, 0.6) is 0 Å². The molecule has 3 N–H and O–H groups in total. The second-order valence-corrected chi connectivity index (χ2v) is 6.19. The third-order valence-corrected chi connectivity index (χ3v) is 3.91. The SMILES string of the molecule is C=C(C)CNC(N)=NCc1ccc(Cn2cnc3ccccc32)cc1.I. The zero-order valence-electron chi connectivity index (χ0n) is 14.9. The van der Waals surface area contributed by atoms with Crippen molar-refractivity contribution in [3.05, 3.63) is 78.1 Å². The van der Waals surface area contributed by atoms with Crippen LogP contribution in [0, 0.1) is 0 Å². The molecule has 0 aliphatic rings. The van der Waals surface area contributed by atoms with Crippen molar-refractivity contribution in [2.24, 2.45) is 10.7 Å². The van der Waals surface area contributed by atoms with E-state index in [2.05, 4.69) is 56.8 Å². The van der Waals surface area contributed by atoms with Crippen molar-refractivity contribution in [1.82, 2.24) is 14.9 Å². The Balaban J connectivity index is 0.00000243. The first-order valence-electron chi connectivity index (χ1n) is 8.27. The van der Waals surface area contributed by atoms with E-state index in [-0.39, 0.29) is 24.0 Å². The van der Waals surface area contributed by atoms with Crippen molar-refractivity contribution < 1.29 is 0 Å². The van der Waals surface area contributed by atoms with Crippen LogP contribution in [0.3, 0.4) is 0 Å². The Hall–Kier alpha value is -2.35. The van der Waals surface area contributed by atoms with Crippen LogP contribution in [0.15, 0.2) is 72.0 Å². The van der Waals surface area contributed by atoms with E-state index in [1.54, 1.807) is 0 Å². The summed E-state index contributed by atoms with van der Waals surface area (Å²) in [5.41, 5.74) is 11.4. The number of nitrogens with two attached hydrogens (primary N) is 1. The van der Waals surface area contributed by atoms with Crippen LogP contribution in [0.1, 0.15) is 18.1 Å². The maximum Gasteiger partial charge on any atom is 0.189 e. The van der Waals surface area contributed by atoms with E-state index in [1.165, 1.54) is 5.56 Å². The van der Waals surface area contributed by atoms with Gasteiger partial charge in [-0.15, -0.1) is 24.0 Å². The van der Waals surface area contributed by atoms with Gasteiger partial charge in [0.1, 0.15) is 0 Å². The molecule has 0 amide bonds. The van der Waals surface area contributed by atoms with Gasteiger partial charge < -0.3 is 15.6 Å². The molecule has 3 aromatic rings. The molecule has 6 heteroatoms. The summed E-state index contributed by atoms with van der Waals surface area (Å²) in [7, 11) is 0. The normalized spacial score (nSPS) is 11.2. The highest BCUT2D eigenvalue weighted by Crippen LogP contribution is 2.14. The predicted molar refractivity (Wildman–Crippen MR) is 119 cm³/mol. The largest absolute Gasteiger partial charge is 0.370 e. The fourth-order valence-electron chi connectivity index (χ4n) is 2.56. The maximum atomic E-state index is 5.83. The fraction of sp³-hybridized carbons (Fsp3) is 0.200. The van der Waals surface area contributed by atoms with Crippen molar-refractivity contribution >= 4 is 41.0 Å². The van der Waals surface area contributed by atoms with Crippen LogP contribution < -0.4 is 11.1 Å². The second-order valence-electron chi connectivity index (χ2n) is 6.19. The average molecular weight is 461 g/mol. The molecular formula is C20H24IN5. The smallest absolute Gasteiger partial charge is 0.189 e. The summed E-state index contributed by atoms with van der Waals surface area (Å²) >= 11 is 0. The monoisotopic (exact) mass is 461 g/mol. The minimum absolute atomic E-state index is 0. The highest BCUT2D eigenvalue weighted by molar-refractivity contribution is 14.0. The third kappa shape index (κ3) is 5.32. The highest BCUT2D eigenvalue weighted by atomic mass is 127. The molecule has 0 aliphatic carbocycles. The lowest BCUT2D eigenvalue weighted by molar-refractivity contribution is 0.823. The lowest BCUT2D eigenvalue weighted by Gasteiger charge is -2.07. The number of guanidine groups is 1. The molecule has 26 heavy (non-hydrogen) atoms. The fourth-order valence-corrected chi connectivity index (χ4v) is 2.56. The van der Waals surface area contributed by atoms with Crippen molar-refractivity contribution in [2.75, 3.05) is 6.54 Å². The van der Waals surface area contributed by atoms with Gasteiger partial charge in [0, 0.05) is 13.1 Å². The van der Waals surface area contributed by atoms with Crippen molar-refractivity contribution in [2.45, 2.75) is 20.0 Å². The van der Waals surface area contributed by atoms with E-state index in [9.17, 15) is 0 Å². The quantitative estimate of drug-likeness (QED) is 0.255. The van der Waals surface area contributed by atoms with Gasteiger partial charge in [0.2, 0.25) is 0 Å². The van der Waals surface area contributed by atoms with E-state index < -0.39 is 0 Å². The predicted octanol–water partition coefficient (Wildman–Crippen LogP) is 3.68. The van der Waals surface area contributed by atoms with Gasteiger partial charge in [-0.2, -0.15) is 0 Å². The summed E-state index contributed by atoms with van der Waals surface area (Å²) in [4.78, 5) is 8.77. The Morgan fingerprint density at radius 1 is 1.15 bits per heavy atom. The minimum atomic E-state index is 0. The van der Waals surface area contributed by atoms with Crippen LogP contribution in [-0.2, 0) is 13.1 Å². The van der Waals surface area contributed by atoms with Crippen LogP contribution in [-0.4, -0.2) is 22.1 Å². The molecule has 136 valence electrons. The Labute approximate surface area is 171 Å². The van der Waals surface area contributed by atoms with E-state index in [4.69, 9.17) is 5.73 Å². The minimum Gasteiger partial charge on any atom is -0.370 e. The number of nitrogens with one attached hydrogen (secondary N) is 1. The molecular weight excluding hydrogens is 437 g/mol. The molecule has 1 heterocycles. The second kappa shape index (κ2) is 9.38. The van der Waals surface area contributed by atoms with Crippen LogP contribution in [0.2, 0.25) is 0 Å². The van der Waals surface area contributed by atoms with E-state index in [0.717, 1.165) is 28.7 Å². The van der Waals surface area contributed by atoms with Gasteiger partial charge in [0.15, 0.2) is 5.96 Å². The number of nitrogens with zero attached hydrogens (tertiary/aromatic N) is 3. The highest BCUT2D eigenvalue weighted by Gasteiger charge is 2.02. The zero-order valence-corrected chi connectivity index (χ0v) is 17.2. The Morgan fingerprint density at radius 3 is 2.58 bits per heavy atom. The third-order valence-electron chi connectivity index (χ3n) is 3.91. The lowest BCUT2D eigenvalue weighted by atomic mass is 10.1. The van der Waals surface area contributed by atoms with Crippen molar-refractivity contribution in [3.63, 3.8) is 0 Å². The number of halogens is 1. The number of hydrogen-bond acceptors (Lipinski definition) is 2. The summed E-state index contributed by atoms with van der Waals surface area (Å²) in [5.74, 6) is 0.442. The summed E-state index contributed by atoms with van der Waals surface area (Å²) in [6.07, 6.45) is 1.89. The maximum absolute atomic E-state index is 5.83. The van der Waals surface area contributed by atoms with Crippen LogP contribution in [0.4, 0.5) is 0 Å². The van der Waals surface area contributed by atoms with Crippen LogP contribution in [0.25, 0.3) is 11.0 Å². The Morgan fingerprint density at radius 2 is 1.85 bits per heavy atom. The Kier molecular flexibility index (Phi) is 7.20. The Bertz CT molecular complexity index is 896. The number of benzene rings is 2. The van der Waals surface area contributed by atoms with Gasteiger partial charge in [-0.25, -0.2) is 9.98 Å². The van der Waals surface area contributed by atoms with E-state index in [0.29, 0.717) is 19.0 Å². The standard InChI is InChI=1S/C20H23N5.HI/c1-15(2)11-22-20(21)23-12-16-7-9-17(10-8-16)13-25-14-24-18-5-3-4-6-19(18)25;/h3-10,14H,1,11-13H2,2H3,(H3,21,22,23);1H. The molecule has 0 spiro atoms. The molecule has 0 atom stereocenters. The van der Waals surface area contributed by atoms with Crippen molar-refractivity contribution in [1.29, 1.82) is 0 Å². The van der Waals surface area contributed by atoms with E-state index >= 15 is 0 Å². The lowest BCUT2D eigenvalue weighted by Crippen LogP contribution is -2.32. The number of hydrogen-bond donors (Lipinski definition) is 2. The van der Waals surface area contributed by atoms with Gasteiger partial charge in [-0.3, -0.25) is 0 Å². The topological polar surface area (TPSA) is 68.2 Å². The summed E-state index contributed by atoms with van der Waals surface area (Å²) in [6, 6.07) is 16.6. The number of aliphatic imine (C=N–C) groups is 1. The molecule has 0 bridgehead atoms. The molecule has 0 radical (unpaired) electrons. The number of imidazole rings is 1. The first kappa shape index (κ1) is 20.0. The van der Waals surface area contributed by atoms with Gasteiger partial charge >= 0.3 is 0 Å².